The monoisotopic (exact) mass is 188 g/mol. The summed E-state index contributed by atoms with van der Waals surface area (Å²) in [5, 5.41) is 11.8. The second-order valence-corrected chi connectivity index (χ2v) is 3.58. The first-order chi connectivity index (χ1) is 6.88. The van der Waals surface area contributed by atoms with Crippen LogP contribution in [-0.2, 0) is 0 Å². The lowest BCUT2D eigenvalue weighted by Crippen LogP contribution is -2.21. The highest BCUT2D eigenvalue weighted by Gasteiger charge is 2.16. The average Bonchev–Trinajstić information content (AvgIpc) is 2.16. The van der Waals surface area contributed by atoms with Crippen molar-refractivity contribution in [3.05, 3.63) is 18.1 Å². The molecule has 0 saturated heterocycles. The van der Waals surface area contributed by atoms with E-state index in [0.29, 0.717) is 5.69 Å². The second kappa shape index (κ2) is 4.05. The van der Waals surface area contributed by atoms with E-state index in [9.17, 15) is 0 Å². The van der Waals surface area contributed by atoms with Gasteiger partial charge in [-0.15, -0.1) is 0 Å². The summed E-state index contributed by atoms with van der Waals surface area (Å²) in [6, 6.07) is 3.67. The number of hydrogen-bond acceptors (Lipinski definition) is 4. The first-order valence-electron chi connectivity index (χ1n) is 4.84. The number of anilines is 1. The highest BCUT2D eigenvalue weighted by molar-refractivity contribution is 5.38. The van der Waals surface area contributed by atoms with Crippen LogP contribution in [0.1, 0.15) is 25.0 Å². The minimum atomic E-state index is 0.413. The summed E-state index contributed by atoms with van der Waals surface area (Å²) >= 11 is 0. The van der Waals surface area contributed by atoms with Gasteiger partial charge in [-0.3, -0.25) is 0 Å². The molecule has 1 aliphatic carbocycles. The van der Waals surface area contributed by atoms with Crippen molar-refractivity contribution in [2.24, 2.45) is 5.92 Å². The molecule has 2 rings (SSSR count). The zero-order valence-corrected chi connectivity index (χ0v) is 7.90. The van der Waals surface area contributed by atoms with Crippen LogP contribution in [0.25, 0.3) is 0 Å². The van der Waals surface area contributed by atoms with E-state index in [1.807, 2.05) is 6.07 Å². The third-order valence-electron chi connectivity index (χ3n) is 2.58. The van der Waals surface area contributed by atoms with E-state index in [4.69, 9.17) is 5.26 Å². The Kier molecular flexibility index (Phi) is 2.59. The molecule has 0 amide bonds. The molecular formula is C10H12N4. The number of rotatable bonds is 3. The van der Waals surface area contributed by atoms with Gasteiger partial charge in [0, 0.05) is 12.6 Å². The Bertz CT molecular complexity index is 351. The molecule has 4 nitrogen and oxygen atoms in total. The molecule has 1 fully saturated rings. The molecule has 1 heterocycles. The van der Waals surface area contributed by atoms with Gasteiger partial charge in [-0.05, 0) is 18.8 Å². The molecule has 1 aromatic rings. The van der Waals surface area contributed by atoms with Gasteiger partial charge in [0.15, 0.2) is 0 Å². The van der Waals surface area contributed by atoms with Gasteiger partial charge < -0.3 is 5.32 Å². The molecule has 0 aliphatic heterocycles. The van der Waals surface area contributed by atoms with Crippen LogP contribution < -0.4 is 5.32 Å². The van der Waals surface area contributed by atoms with E-state index in [1.54, 1.807) is 6.07 Å². The van der Waals surface area contributed by atoms with Crippen molar-refractivity contribution in [3.63, 3.8) is 0 Å². The smallest absolute Gasteiger partial charge is 0.145 e. The van der Waals surface area contributed by atoms with Crippen LogP contribution in [0.4, 0.5) is 5.82 Å². The maximum Gasteiger partial charge on any atom is 0.145 e. The predicted molar refractivity (Wildman–Crippen MR) is 52.6 cm³/mol. The SMILES string of the molecule is N#Cc1cc(NCC2CCC2)ncn1. The van der Waals surface area contributed by atoms with E-state index in [-0.39, 0.29) is 0 Å². The average molecular weight is 188 g/mol. The van der Waals surface area contributed by atoms with Crippen molar-refractivity contribution in [2.45, 2.75) is 19.3 Å². The van der Waals surface area contributed by atoms with Gasteiger partial charge in [0.1, 0.15) is 23.9 Å². The Morgan fingerprint density at radius 2 is 2.36 bits per heavy atom. The molecule has 72 valence electrons. The summed E-state index contributed by atoms with van der Waals surface area (Å²) in [4.78, 5) is 7.85. The second-order valence-electron chi connectivity index (χ2n) is 3.58. The molecule has 0 unspecified atom stereocenters. The van der Waals surface area contributed by atoms with Crippen molar-refractivity contribution >= 4 is 5.82 Å². The molecule has 1 aliphatic rings. The van der Waals surface area contributed by atoms with E-state index >= 15 is 0 Å². The highest BCUT2D eigenvalue weighted by atomic mass is 15.0. The maximum absolute atomic E-state index is 8.63. The van der Waals surface area contributed by atoms with Crippen LogP contribution in [0.5, 0.6) is 0 Å². The topological polar surface area (TPSA) is 61.6 Å². The Morgan fingerprint density at radius 1 is 1.50 bits per heavy atom. The maximum atomic E-state index is 8.63. The number of nitrogens with one attached hydrogen (secondary N) is 1. The molecule has 4 heteroatoms. The van der Waals surface area contributed by atoms with Crippen molar-refractivity contribution in [1.82, 2.24) is 9.97 Å². The third-order valence-corrected chi connectivity index (χ3v) is 2.58. The van der Waals surface area contributed by atoms with E-state index in [1.165, 1.54) is 25.6 Å². The summed E-state index contributed by atoms with van der Waals surface area (Å²) in [7, 11) is 0. The summed E-state index contributed by atoms with van der Waals surface area (Å²) in [5.41, 5.74) is 0.413. The minimum absolute atomic E-state index is 0.413. The van der Waals surface area contributed by atoms with Gasteiger partial charge in [-0.25, -0.2) is 9.97 Å². The van der Waals surface area contributed by atoms with Crippen molar-refractivity contribution in [2.75, 3.05) is 11.9 Å². The van der Waals surface area contributed by atoms with Crippen LogP contribution in [0.2, 0.25) is 0 Å². The van der Waals surface area contributed by atoms with Gasteiger partial charge >= 0.3 is 0 Å². The molecule has 0 spiro atoms. The van der Waals surface area contributed by atoms with Crippen molar-refractivity contribution in [3.8, 4) is 6.07 Å². The molecular weight excluding hydrogens is 176 g/mol. The van der Waals surface area contributed by atoms with Gasteiger partial charge in [-0.1, -0.05) is 6.42 Å². The quantitative estimate of drug-likeness (QED) is 0.781. The van der Waals surface area contributed by atoms with Gasteiger partial charge in [0.25, 0.3) is 0 Å². The Labute approximate surface area is 83.0 Å². The minimum Gasteiger partial charge on any atom is -0.370 e. The molecule has 1 N–H and O–H groups in total. The van der Waals surface area contributed by atoms with Crippen LogP contribution >= 0.6 is 0 Å². The van der Waals surface area contributed by atoms with Crippen LogP contribution in [0, 0.1) is 17.2 Å². The number of hydrogen-bond donors (Lipinski definition) is 1. The fraction of sp³-hybridized carbons (Fsp3) is 0.500. The fourth-order valence-corrected chi connectivity index (χ4v) is 1.46. The zero-order chi connectivity index (χ0) is 9.80. The van der Waals surface area contributed by atoms with Gasteiger partial charge in [-0.2, -0.15) is 5.26 Å². The van der Waals surface area contributed by atoms with E-state index < -0.39 is 0 Å². The molecule has 0 aromatic carbocycles. The lowest BCUT2D eigenvalue weighted by Gasteiger charge is -2.25. The summed E-state index contributed by atoms with van der Waals surface area (Å²) in [6.45, 7) is 0.960. The molecule has 0 radical (unpaired) electrons. The summed E-state index contributed by atoms with van der Waals surface area (Å²) in [6.07, 6.45) is 5.38. The third kappa shape index (κ3) is 1.99. The Morgan fingerprint density at radius 3 is 3.00 bits per heavy atom. The summed E-state index contributed by atoms with van der Waals surface area (Å²) in [5.74, 6) is 1.54. The number of nitrogens with zero attached hydrogens (tertiary/aromatic N) is 3. The standard InChI is InChI=1S/C10H12N4/c11-5-9-4-10(14-7-13-9)12-6-8-2-1-3-8/h4,7-8H,1-3,6H2,(H,12,13,14). The first-order valence-corrected chi connectivity index (χ1v) is 4.84. The van der Waals surface area contributed by atoms with Crippen molar-refractivity contribution < 1.29 is 0 Å². The molecule has 0 bridgehead atoms. The summed E-state index contributed by atoms with van der Waals surface area (Å²) < 4.78 is 0. The van der Waals surface area contributed by atoms with Crippen LogP contribution in [0.3, 0.4) is 0 Å². The molecule has 1 saturated carbocycles. The number of nitriles is 1. The van der Waals surface area contributed by atoms with Crippen LogP contribution in [0.15, 0.2) is 12.4 Å². The van der Waals surface area contributed by atoms with E-state index in [0.717, 1.165) is 18.3 Å². The van der Waals surface area contributed by atoms with Crippen molar-refractivity contribution in [1.29, 1.82) is 5.26 Å². The van der Waals surface area contributed by atoms with Gasteiger partial charge in [0.2, 0.25) is 0 Å². The lowest BCUT2D eigenvalue weighted by molar-refractivity contribution is 0.333. The Balaban J connectivity index is 1.91. The molecule has 1 aromatic heterocycles. The largest absolute Gasteiger partial charge is 0.370 e. The molecule has 14 heavy (non-hydrogen) atoms. The Hall–Kier alpha value is -1.63. The first kappa shape index (κ1) is 8.95. The fourth-order valence-electron chi connectivity index (χ4n) is 1.46. The normalized spacial score (nSPS) is 15.6. The molecule has 0 atom stereocenters. The highest BCUT2D eigenvalue weighted by Crippen LogP contribution is 2.26. The predicted octanol–water partition coefficient (Wildman–Crippen LogP) is 1.56. The van der Waals surface area contributed by atoms with Crippen LogP contribution in [-0.4, -0.2) is 16.5 Å². The zero-order valence-electron chi connectivity index (χ0n) is 7.90. The lowest BCUT2D eigenvalue weighted by atomic mass is 9.85. The van der Waals surface area contributed by atoms with Gasteiger partial charge in [0.05, 0.1) is 0 Å². The number of aromatic nitrogens is 2. The van der Waals surface area contributed by atoms with E-state index in [2.05, 4.69) is 15.3 Å².